The van der Waals surface area contributed by atoms with Crippen molar-refractivity contribution in [3.63, 3.8) is 0 Å². The molecule has 17 heavy (non-hydrogen) atoms. The van der Waals surface area contributed by atoms with E-state index in [9.17, 15) is 0 Å². The summed E-state index contributed by atoms with van der Waals surface area (Å²) in [4.78, 5) is 2.71. The van der Waals surface area contributed by atoms with Crippen molar-refractivity contribution in [2.24, 2.45) is 5.92 Å². The molecule has 0 aromatic carbocycles. The maximum atomic E-state index is 5.92. The average molecular weight is 304 g/mol. The second-order valence-electron chi connectivity index (χ2n) is 5.67. The number of halogens is 1. The molecule has 0 N–H and O–H groups in total. The molecule has 100 valence electrons. The third-order valence-electron chi connectivity index (χ3n) is 4.36. The summed E-state index contributed by atoms with van der Waals surface area (Å²) in [5, 5.41) is 1.14. The topological polar surface area (TPSA) is 12.5 Å². The Labute approximate surface area is 114 Å². The Morgan fingerprint density at radius 3 is 2.94 bits per heavy atom. The zero-order valence-electron chi connectivity index (χ0n) is 11.0. The van der Waals surface area contributed by atoms with Gasteiger partial charge in [-0.2, -0.15) is 0 Å². The zero-order valence-corrected chi connectivity index (χ0v) is 12.6. The van der Waals surface area contributed by atoms with Crippen molar-refractivity contribution in [1.29, 1.82) is 0 Å². The van der Waals surface area contributed by atoms with Gasteiger partial charge in [0.05, 0.1) is 12.7 Å². The molecule has 2 fully saturated rings. The van der Waals surface area contributed by atoms with Crippen molar-refractivity contribution in [3.05, 3.63) is 0 Å². The third kappa shape index (κ3) is 3.93. The van der Waals surface area contributed by atoms with Crippen LogP contribution >= 0.6 is 15.9 Å². The SMILES string of the molecule is CC(CCBr)CCN1CCOC2CCCCC21. The molecule has 0 amide bonds. The molecule has 0 bridgehead atoms. The number of morpholine rings is 1. The lowest BCUT2D eigenvalue weighted by atomic mass is 9.89. The van der Waals surface area contributed by atoms with Gasteiger partial charge in [0.2, 0.25) is 0 Å². The number of fused-ring (bicyclic) bond motifs is 1. The summed E-state index contributed by atoms with van der Waals surface area (Å²) in [5.74, 6) is 0.847. The van der Waals surface area contributed by atoms with E-state index in [1.54, 1.807) is 0 Å². The second kappa shape index (κ2) is 7.10. The highest BCUT2D eigenvalue weighted by Crippen LogP contribution is 2.28. The lowest BCUT2D eigenvalue weighted by Crippen LogP contribution is -2.52. The minimum Gasteiger partial charge on any atom is -0.375 e. The quantitative estimate of drug-likeness (QED) is 0.721. The van der Waals surface area contributed by atoms with E-state index in [2.05, 4.69) is 27.8 Å². The van der Waals surface area contributed by atoms with E-state index in [-0.39, 0.29) is 0 Å². The van der Waals surface area contributed by atoms with Gasteiger partial charge in [0, 0.05) is 17.9 Å². The number of ether oxygens (including phenoxy) is 1. The highest BCUT2D eigenvalue weighted by Gasteiger charge is 2.33. The fourth-order valence-corrected chi connectivity index (χ4v) is 3.95. The van der Waals surface area contributed by atoms with Crippen LogP contribution < -0.4 is 0 Å². The Balaban J connectivity index is 1.78. The van der Waals surface area contributed by atoms with Crippen molar-refractivity contribution in [2.45, 2.75) is 57.6 Å². The van der Waals surface area contributed by atoms with Crippen molar-refractivity contribution in [1.82, 2.24) is 4.90 Å². The van der Waals surface area contributed by atoms with E-state index in [0.29, 0.717) is 6.10 Å². The number of hydrogen-bond donors (Lipinski definition) is 0. The van der Waals surface area contributed by atoms with Crippen LogP contribution in [-0.2, 0) is 4.74 Å². The van der Waals surface area contributed by atoms with E-state index >= 15 is 0 Å². The Hall–Kier alpha value is 0.400. The van der Waals surface area contributed by atoms with Gasteiger partial charge in [-0.15, -0.1) is 0 Å². The monoisotopic (exact) mass is 303 g/mol. The largest absolute Gasteiger partial charge is 0.375 e. The molecule has 2 aliphatic rings. The minimum atomic E-state index is 0.545. The molecule has 0 aromatic heterocycles. The average Bonchev–Trinajstić information content (AvgIpc) is 2.36. The molecule has 3 unspecified atom stereocenters. The van der Waals surface area contributed by atoms with Crippen LogP contribution in [0.2, 0.25) is 0 Å². The van der Waals surface area contributed by atoms with E-state index in [4.69, 9.17) is 4.74 Å². The molecule has 1 aliphatic carbocycles. The first-order valence-corrected chi connectivity index (χ1v) is 8.35. The van der Waals surface area contributed by atoms with E-state index in [0.717, 1.165) is 30.4 Å². The second-order valence-corrected chi connectivity index (χ2v) is 6.46. The molecule has 1 saturated heterocycles. The van der Waals surface area contributed by atoms with Gasteiger partial charge in [0.25, 0.3) is 0 Å². The van der Waals surface area contributed by atoms with Gasteiger partial charge < -0.3 is 4.74 Å². The van der Waals surface area contributed by atoms with Crippen LogP contribution in [0, 0.1) is 5.92 Å². The minimum absolute atomic E-state index is 0.545. The normalized spacial score (nSPS) is 32.1. The lowest BCUT2D eigenvalue weighted by molar-refractivity contribution is -0.0889. The first-order chi connectivity index (χ1) is 8.31. The van der Waals surface area contributed by atoms with Gasteiger partial charge in [0.1, 0.15) is 0 Å². The summed E-state index contributed by atoms with van der Waals surface area (Å²) in [6.45, 7) is 5.76. The van der Waals surface area contributed by atoms with E-state index in [1.165, 1.54) is 45.1 Å². The number of alkyl halides is 1. The number of nitrogens with zero attached hydrogens (tertiary/aromatic N) is 1. The zero-order chi connectivity index (χ0) is 12.1. The first kappa shape index (κ1) is 13.8. The van der Waals surface area contributed by atoms with Crippen LogP contribution in [0.3, 0.4) is 0 Å². The van der Waals surface area contributed by atoms with Gasteiger partial charge in [-0.1, -0.05) is 35.7 Å². The van der Waals surface area contributed by atoms with Crippen LogP contribution in [0.15, 0.2) is 0 Å². The van der Waals surface area contributed by atoms with Crippen LogP contribution in [0.5, 0.6) is 0 Å². The highest BCUT2D eigenvalue weighted by atomic mass is 79.9. The summed E-state index contributed by atoms with van der Waals surface area (Å²) in [6.07, 6.45) is 8.61. The molecule has 0 spiro atoms. The fourth-order valence-electron chi connectivity index (χ4n) is 3.17. The molecule has 3 atom stereocenters. The Bertz CT molecular complexity index is 222. The van der Waals surface area contributed by atoms with Gasteiger partial charge >= 0.3 is 0 Å². The molecular weight excluding hydrogens is 278 g/mol. The van der Waals surface area contributed by atoms with Crippen molar-refractivity contribution >= 4 is 15.9 Å². The van der Waals surface area contributed by atoms with Crippen molar-refractivity contribution in [2.75, 3.05) is 25.0 Å². The Morgan fingerprint density at radius 2 is 2.12 bits per heavy atom. The molecule has 2 rings (SSSR count). The molecule has 1 aliphatic heterocycles. The maximum absolute atomic E-state index is 5.92. The molecule has 3 heteroatoms. The van der Waals surface area contributed by atoms with Crippen LogP contribution in [0.25, 0.3) is 0 Å². The highest BCUT2D eigenvalue weighted by molar-refractivity contribution is 9.09. The molecule has 0 radical (unpaired) electrons. The molecule has 1 heterocycles. The van der Waals surface area contributed by atoms with Crippen LogP contribution in [0.1, 0.15) is 45.4 Å². The molecular formula is C14H26BrNO. The van der Waals surface area contributed by atoms with Gasteiger partial charge in [-0.25, -0.2) is 0 Å². The molecule has 1 saturated carbocycles. The maximum Gasteiger partial charge on any atom is 0.0730 e. The van der Waals surface area contributed by atoms with Crippen LogP contribution in [-0.4, -0.2) is 42.1 Å². The first-order valence-electron chi connectivity index (χ1n) is 7.23. The smallest absolute Gasteiger partial charge is 0.0730 e. The van der Waals surface area contributed by atoms with E-state index < -0.39 is 0 Å². The molecule has 2 nitrogen and oxygen atoms in total. The predicted octanol–water partition coefficient (Wildman–Crippen LogP) is 3.44. The van der Waals surface area contributed by atoms with Gasteiger partial charge in [-0.05, 0) is 38.1 Å². The van der Waals surface area contributed by atoms with Crippen molar-refractivity contribution < 1.29 is 4.74 Å². The summed E-state index contributed by atoms with van der Waals surface area (Å²) in [6, 6.07) is 0.730. The van der Waals surface area contributed by atoms with Crippen LogP contribution in [0.4, 0.5) is 0 Å². The summed E-state index contributed by atoms with van der Waals surface area (Å²) < 4.78 is 5.92. The van der Waals surface area contributed by atoms with Gasteiger partial charge in [-0.3, -0.25) is 4.90 Å². The van der Waals surface area contributed by atoms with Gasteiger partial charge in [0.15, 0.2) is 0 Å². The predicted molar refractivity (Wildman–Crippen MR) is 75.8 cm³/mol. The Morgan fingerprint density at radius 1 is 1.29 bits per heavy atom. The summed E-state index contributed by atoms with van der Waals surface area (Å²) in [5.41, 5.74) is 0. The van der Waals surface area contributed by atoms with E-state index in [1.807, 2.05) is 0 Å². The standard InChI is InChI=1S/C14H26BrNO/c1-12(6-8-15)7-9-16-10-11-17-14-5-3-2-4-13(14)16/h12-14H,2-11H2,1H3. The summed E-state index contributed by atoms with van der Waals surface area (Å²) in [7, 11) is 0. The third-order valence-corrected chi connectivity index (χ3v) is 4.82. The molecule has 0 aromatic rings. The summed E-state index contributed by atoms with van der Waals surface area (Å²) >= 11 is 3.54. The Kier molecular flexibility index (Phi) is 5.78. The number of hydrogen-bond acceptors (Lipinski definition) is 2. The van der Waals surface area contributed by atoms with Crippen molar-refractivity contribution in [3.8, 4) is 0 Å². The lowest BCUT2D eigenvalue weighted by Gasteiger charge is -2.44. The number of rotatable bonds is 5. The fraction of sp³-hybridized carbons (Fsp3) is 1.00.